The fraction of sp³-hybridized carbons (Fsp3) is 0.167. The Labute approximate surface area is 142 Å². The molecule has 0 aliphatic rings. The van der Waals surface area contributed by atoms with E-state index in [1.165, 1.54) is 44.6 Å². The van der Waals surface area contributed by atoms with E-state index >= 15 is 0 Å². The number of halogens is 3. The monoisotopic (exact) mass is 351 g/mol. The SMILES string of the molecule is COc1cc(N)c(C(=O)C=Cc2cccc(C(F)(F)F)c2)cc1OC. The highest BCUT2D eigenvalue weighted by atomic mass is 19.4. The number of anilines is 1. The standard InChI is InChI=1S/C18H16F3NO3/c1-24-16-9-13(14(22)10-17(16)25-2)15(23)7-6-11-4-3-5-12(8-11)18(19,20)21/h3-10H,22H2,1-2H3. The van der Waals surface area contributed by atoms with Crippen LogP contribution in [0, 0.1) is 0 Å². The predicted octanol–water partition coefficient (Wildman–Crippen LogP) is 4.20. The molecule has 0 radical (unpaired) electrons. The smallest absolute Gasteiger partial charge is 0.416 e. The lowest BCUT2D eigenvalue weighted by Crippen LogP contribution is -2.04. The van der Waals surface area contributed by atoms with Gasteiger partial charge in [-0.1, -0.05) is 18.2 Å². The van der Waals surface area contributed by atoms with Crippen LogP contribution in [-0.4, -0.2) is 20.0 Å². The molecule has 2 aromatic rings. The minimum atomic E-state index is -4.44. The van der Waals surface area contributed by atoms with Crippen LogP contribution in [-0.2, 0) is 6.18 Å². The van der Waals surface area contributed by atoms with E-state index < -0.39 is 17.5 Å². The van der Waals surface area contributed by atoms with Crippen molar-refractivity contribution in [2.75, 3.05) is 20.0 Å². The maximum atomic E-state index is 12.7. The Balaban J connectivity index is 2.29. The van der Waals surface area contributed by atoms with Crippen molar-refractivity contribution in [1.82, 2.24) is 0 Å². The Bertz CT molecular complexity index is 814. The maximum absolute atomic E-state index is 12.7. The lowest BCUT2D eigenvalue weighted by molar-refractivity contribution is -0.137. The minimum absolute atomic E-state index is 0.167. The molecule has 0 saturated carbocycles. The Morgan fingerprint density at radius 3 is 2.32 bits per heavy atom. The highest BCUT2D eigenvalue weighted by molar-refractivity contribution is 6.10. The largest absolute Gasteiger partial charge is 0.493 e. The Morgan fingerprint density at radius 2 is 1.72 bits per heavy atom. The third-order valence-corrected chi connectivity index (χ3v) is 3.46. The molecule has 0 amide bonds. The van der Waals surface area contributed by atoms with Crippen molar-refractivity contribution < 1.29 is 27.4 Å². The Morgan fingerprint density at radius 1 is 1.08 bits per heavy atom. The first-order valence-electron chi connectivity index (χ1n) is 7.17. The summed E-state index contributed by atoms with van der Waals surface area (Å²) >= 11 is 0. The van der Waals surface area contributed by atoms with Crippen molar-refractivity contribution in [2.24, 2.45) is 0 Å². The van der Waals surface area contributed by atoms with Gasteiger partial charge in [-0.15, -0.1) is 0 Å². The van der Waals surface area contributed by atoms with Crippen molar-refractivity contribution >= 4 is 17.5 Å². The van der Waals surface area contributed by atoms with Gasteiger partial charge in [0.1, 0.15) is 0 Å². The molecule has 0 saturated heterocycles. The number of benzene rings is 2. The number of hydrogen-bond donors (Lipinski definition) is 1. The summed E-state index contributed by atoms with van der Waals surface area (Å²) < 4.78 is 48.3. The molecule has 0 heterocycles. The Kier molecular flexibility index (Phi) is 5.36. The van der Waals surface area contributed by atoms with E-state index in [0.717, 1.165) is 18.2 Å². The summed E-state index contributed by atoms with van der Waals surface area (Å²) in [5.41, 5.74) is 5.64. The van der Waals surface area contributed by atoms with Gasteiger partial charge >= 0.3 is 6.18 Å². The summed E-state index contributed by atoms with van der Waals surface area (Å²) in [7, 11) is 2.85. The molecule has 0 aliphatic carbocycles. The van der Waals surface area contributed by atoms with E-state index in [2.05, 4.69) is 0 Å². The third-order valence-electron chi connectivity index (χ3n) is 3.46. The maximum Gasteiger partial charge on any atom is 0.416 e. The highest BCUT2D eigenvalue weighted by Crippen LogP contribution is 2.32. The van der Waals surface area contributed by atoms with Gasteiger partial charge in [-0.05, 0) is 29.8 Å². The molecule has 0 atom stereocenters. The van der Waals surface area contributed by atoms with Gasteiger partial charge in [0.2, 0.25) is 0 Å². The summed E-state index contributed by atoms with van der Waals surface area (Å²) in [6.07, 6.45) is -1.98. The van der Waals surface area contributed by atoms with Gasteiger partial charge in [-0.25, -0.2) is 0 Å². The van der Waals surface area contributed by atoms with Crippen molar-refractivity contribution in [1.29, 1.82) is 0 Å². The lowest BCUT2D eigenvalue weighted by atomic mass is 10.1. The second-order valence-electron chi connectivity index (χ2n) is 5.12. The van der Waals surface area contributed by atoms with Gasteiger partial charge in [-0.2, -0.15) is 13.2 Å². The van der Waals surface area contributed by atoms with Crippen LogP contribution in [0.5, 0.6) is 11.5 Å². The number of nitrogens with two attached hydrogens (primary N) is 1. The van der Waals surface area contributed by atoms with Crippen LogP contribution in [0.2, 0.25) is 0 Å². The zero-order valence-electron chi connectivity index (χ0n) is 13.6. The normalized spacial score (nSPS) is 11.6. The average molecular weight is 351 g/mol. The van der Waals surface area contributed by atoms with Gasteiger partial charge < -0.3 is 15.2 Å². The predicted molar refractivity (Wildman–Crippen MR) is 88.8 cm³/mol. The molecule has 4 nitrogen and oxygen atoms in total. The van der Waals surface area contributed by atoms with E-state index in [1.807, 2.05) is 0 Å². The first-order chi connectivity index (χ1) is 11.8. The Hall–Kier alpha value is -2.96. The second kappa shape index (κ2) is 7.29. The summed E-state index contributed by atoms with van der Waals surface area (Å²) in [4.78, 5) is 12.3. The fourth-order valence-corrected chi connectivity index (χ4v) is 2.19. The summed E-state index contributed by atoms with van der Waals surface area (Å²) in [5, 5.41) is 0. The number of allylic oxidation sites excluding steroid dienone is 1. The number of carbonyl (C=O) groups excluding carboxylic acids is 1. The van der Waals surface area contributed by atoms with Crippen molar-refractivity contribution in [3.8, 4) is 11.5 Å². The number of ether oxygens (including phenoxy) is 2. The topological polar surface area (TPSA) is 61.5 Å². The van der Waals surface area contributed by atoms with Crippen LogP contribution in [0.4, 0.5) is 18.9 Å². The van der Waals surface area contributed by atoms with Crippen molar-refractivity contribution in [2.45, 2.75) is 6.18 Å². The quantitative estimate of drug-likeness (QED) is 0.498. The lowest BCUT2D eigenvalue weighted by Gasteiger charge is -2.11. The molecule has 0 bridgehead atoms. The van der Waals surface area contributed by atoms with E-state index in [9.17, 15) is 18.0 Å². The number of methoxy groups -OCH3 is 2. The summed E-state index contributed by atoms with van der Waals surface area (Å²) in [6, 6.07) is 7.54. The molecule has 2 N–H and O–H groups in total. The first kappa shape index (κ1) is 18.4. The zero-order valence-corrected chi connectivity index (χ0v) is 13.6. The van der Waals surface area contributed by atoms with Crippen LogP contribution >= 0.6 is 0 Å². The molecule has 2 rings (SSSR count). The van der Waals surface area contributed by atoms with Crippen molar-refractivity contribution in [3.63, 3.8) is 0 Å². The van der Waals surface area contributed by atoms with Crippen molar-refractivity contribution in [3.05, 3.63) is 59.2 Å². The molecule has 2 aromatic carbocycles. The molecule has 7 heteroatoms. The van der Waals surface area contributed by atoms with Gasteiger partial charge in [-0.3, -0.25) is 4.79 Å². The third kappa shape index (κ3) is 4.32. The van der Waals surface area contributed by atoms with E-state index in [-0.39, 0.29) is 16.8 Å². The number of alkyl halides is 3. The van der Waals surface area contributed by atoms with Crippen LogP contribution in [0.15, 0.2) is 42.5 Å². The highest BCUT2D eigenvalue weighted by Gasteiger charge is 2.30. The number of ketones is 1. The molecular weight excluding hydrogens is 335 g/mol. The van der Waals surface area contributed by atoms with Crippen LogP contribution in [0.25, 0.3) is 6.08 Å². The second-order valence-corrected chi connectivity index (χ2v) is 5.12. The van der Waals surface area contributed by atoms with E-state index in [4.69, 9.17) is 15.2 Å². The molecule has 0 spiro atoms. The van der Waals surface area contributed by atoms with E-state index in [0.29, 0.717) is 11.5 Å². The summed E-state index contributed by atoms with van der Waals surface area (Å²) in [5.74, 6) is 0.238. The van der Waals surface area contributed by atoms with E-state index in [1.54, 1.807) is 0 Å². The van der Waals surface area contributed by atoms with Gasteiger partial charge in [0.15, 0.2) is 17.3 Å². The molecule has 0 aliphatic heterocycles. The molecule has 0 aromatic heterocycles. The van der Waals surface area contributed by atoms with Gasteiger partial charge in [0.25, 0.3) is 0 Å². The van der Waals surface area contributed by atoms with Crippen LogP contribution < -0.4 is 15.2 Å². The summed E-state index contributed by atoms with van der Waals surface area (Å²) in [6.45, 7) is 0. The molecule has 132 valence electrons. The van der Waals surface area contributed by atoms with Gasteiger partial charge in [0, 0.05) is 17.3 Å². The molecule has 25 heavy (non-hydrogen) atoms. The fourth-order valence-electron chi connectivity index (χ4n) is 2.19. The molecular formula is C18H16F3NO3. The molecule has 0 unspecified atom stereocenters. The van der Waals surface area contributed by atoms with Crippen LogP contribution in [0.1, 0.15) is 21.5 Å². The molecule has 0 fully saturated rings. The van der Waals surface area contributed by atoms with Gasteiger partial charge in [0.05, 0.1) is 19.8 Å². The number of carbonyl (C=O) groups is 1. The van der Waals surface area contributed by atoms with Crippen LogP contribution in [0.3, 0.4) is 0 Å². The number of hydrogen-bond acceptors (Lipinski definition) is 4. The average Bonchev–Trinajstić information content (AvgIpc) is 2.58. The number of rotatable bonds is 5. The number of nitrogen functional groups attached to an aromatic ring is 1. The minimum Gasteiger partial charge on any atom is -0.493 e. The zero-order chi connectivity index (χ0) is 18.6. The first-order valence-corrected chi connectivity index (χ1v) is 7.17.